The number of sulfonamides is 1. The van der Waals surface area contributed by atoms with Gasteiger partial charge in [-0.3, -0.25) is 4.79 Å². The third-order valence-electron chi connectivity index (χ3n) is 3.66. The van der Waals surface area contributed by atoms with Crippen LogP contribution in [0, 0.1) is 0 Å². The molecule has 1 aromatic rings. The molecule has 0 bridgehead atoms. The van der Waals surface area contributed by atoms with Gasteiger partial charge in [-0.2, -0.15) is 4.31 Å². The summed E-state index contributed by atoms with van der Waals surface area (Å²) in [4.78, 5) is 11.3. The van der Waals surface area contributed by atoms with E-state index in [1.165, 1.54) is 21.1 Å². The van der Waals surface area contributed by atoms with Crippen LogP contribution in [0.25, 0.3) is 0 Å². The molecule has 1 aliphatic rings. The molecule has 112 valence electrons. The largest absolute Gasteiger partial charge is 0.364 e. The Bertz CT molecular complexity index is 608. The number of carbonyl (C=O) groups excluding carboxylic acids is 1. The fourth-order valence-corrected chi connectivity index (χ4v) is 4.06. The molecule has 20 heavy (non-hydrogen) atoms. The van der Waals surface area contributed by atoms with E-state index in [1.807, 2.05) is 7.05 Å². The number of nitrogens with one attached hydrogen (secondary N) is 1. The summed E-state index contributed by atoms with van der Waals surface area (Å²) in [5.74, 6) is -0.638. The molecule has 1 aliphatic heterocycles. The van der Waals surface area contributed by atoms with E-state index in [4.69, 9.17) is 5.73 Å². The Morgan fingerprint density at radius 3 is 2.75 bits per heavy atom. The average molecular weight is 300 g/mol. The number of aryl methyl sites for hydroxylation is 1. The molecule has 1 atom stereocenters. The van der Waals surface area contributed by atoms with Crippen molar-refractivity contribution in [3.05, 3.63) is 18.0 Å². The van der Waals surface area contributed by atoms with Crippen molar-refractivity contribution in [2.75, 3.05) is 20.1 Å². The van der Waals surface area contributed by atoms with E-state index in [0.29, 0.717) is 13.1 Å². The van der Waals surface area contributed by atoms with Gasteiger partial charge < -0.3 is 15.6 Å². The highest BCUT2D eigenvalue weighted by Gasteiger charge is 2.31. The number of carbonyl (C=O) groups is 1. The summed E-state index contributed by atoms with van der Waals surface area (Å²) in [6.07, 6.45) is 3.21. The highest BCUT2D eigenvalue weighted by molar-refractivity contribution is 7.89. The first-order chi connectivity index (χ1) is 9.36. The molecule has 1 aromatic heterocycles. The predicted octanol–water partition coefficient (Wildman–Crippen LogP) is -0.503. The van der Waals surface area contributed by atoms with E-state index in [1.54, 1.807) is 7.05 Å². The lowest BCUT2D eigenvalue weighted by Gasteiger charge is -2.31. The third kappa shape index (κ3) is 2.72. The molecule has 0 aromatic carbocycles. The Morgan fingerprint density at radius 2 is 2.20 bits per heavy atom. The number of piperidine rings is 1. The summed E-state index contributed by atoms with van der Waals surface area (Å²) in [6.45, 7) is 0.945. The van der Waals surface area contributed by atoms with Crippen LogP contribution >= 0.6 is 0 Å². The molecular weight excluding hydrogens is 280 g/mol. The smallest absolute Gasteiger partial charge is 0.265 e. The first kappa shape index (κ1) is 15.0. The topological polar surface area (TPSA) is 97.4 Å². The molecule has 0 saturated carbocycles. The Labute approximate surface area is 118 Å². The quantitative estimate of drug-likeness (QED) is 0.783. The van der Waals surface area contributed by atoms with Crippen LogP contribution in [-0.4, -0.2) is 49.4 Å². The molecule has 3 N–H and O–H groups in total. The minimum absolute atomic E-state index is 0.116. The second-order valence-corrected chi connectivity index (χ2v) is 6.97. The van der Waals surface area contributed by atoms with Crippen molar-refractivity contribution in [2.24, 2.45) is 12.8 Å². The lowest BCUT2D eigenvalue weighted by atomic mass is 10.1. The monoisotopic (exact) mass is 300 g/mol. The molecule has 0 radical (unpaired) electrons. The standard InChI is InChI=1S/C12H20N4O3S/c1-14-9-4-3-5-16(7-9)20(18,19)10-6-11(12(13)17)15(2)8-10/h6,8-9,14H,3-5,7H2,1-2H3,(H2,13,17)/t9-/m1/s1. The molecule has 0 unspecified atom stereocenters. The van der Waals surface area contributed by atoms with Crippen molar-refractivity contribution < 1.29 is 13.2 Å². The van der Waals surface area contributed by atoms with Gasteiger partial charge >= 0.3 is 0 Å². The van der Waals surface area contributed by atoms with Gasteiger partial charge in [-0.05, 0) is 26.0 Å². The van der Waals surface area contributed by atoms with Gasteiger partial charge in [-0.25, -0.2) is 8.42 Å². The Kier molecular flexibility index (Phi) is 4.17. The first-order valence-electron chi connectivity index (χ1n) is 6.50. The number of rotatable bonds is 4. The van der Waals surface area contributed by atoms with Crippen LogP contribution in [0.4, 0.5) is 0 Å². The fourth-order valence-electron chi connectivity index (χ4n) is 2.47. The van der Waals surface area contributed by atoms with Gasteiger partial charge in [-0.1, -0.05) is 0 Å². The molecule has 0 spiro atoms. The minimum Gasteiger partial charge on any atom is -0.364 e. The van der Waals surface area contributed by atoms with Gasteiger partial charge in [0.25, 0.3) is 5.91 Å². The number of aromatic nitrogens is 1. The SMILES string of the molecule is CN[C@@H]1CCCN(S(=O)(=O)c2cc(C(N)=O)n(C)c2)C1. The van der Waals surface area contributed by atoms with E-state index in [2.05, 4.69) is 5.32 Å². The Morgan fingerprint density at radius 1 is 1.50 bits per heavy atom. The zero-order chi connectivity index (χ0) is 14.9. The zero-order valence-corrected chi connectivity index (χ0v) is 12.5. The molecule has 1 fully saturated rings. The van der Waals surface area contributed by atoms with Crippen LogP contribution in [0.5, 0.6) is 0 Å². The maximum absolute atomic E-state index is 12.6. The molecule has 7 nitrogen and oxygen atoms in total. The van der Waals surface area contributed by atoms with Crippen LogP contribution in [0.1, 0.15) is 23.3 Å². The Hall–Kier alpha value is -1.38. The summed E-state index contributed by atoms with van der Waals surface area (Å²) in [7, 11) is -0.145. The van der Waals surface area contributed by atoms with E-state index < -0.39 is 15.9 Å². The van der Waals surface area contributed by atoms with Gasteiger partial charge in [0.05, 0.1) is 0 Å². The molecule has 1 amide bonds. The molecule has 2 rings (SSSR count). The summed E-state index contributed by atoms with van der Waals surface area (Å²) in [6, 6.07) is 1.50. The van der Waals surface area contributed by atoms with Crippen molar-refractivity contribution >= 4 is 15.9 Å². The number of hydrogen-bond donors (Lipinski definition) is 2. The maximum Gasteiger partial charge on any atom is 0.265 e. The van der Waals surface area contributed by atoms with E-state index in [9.17, 15) is 13.2 Å². The van der Waals surface area contributed by atoms with Gasteiger partial charge in [0.2, 0.25) is 10.0 Å². The second kappa shape index (κ2) is 5.55. The lowest BCUT2D eigenvalue weighted by Crippen LogP contribution is -2.46. The highest BCUT2D eigenvalue weighted by atomic mass is 32.2. The normalized spacial score (nSPS) is 21.0. The van der Waals surface area contributed by atoms with Crippen molar-refractivity contribution in [2.45, 2.75) is 23.8 Å². The van der Waals surface area contributed by atoms with E-state index in [0.717, 1.165) is 12.8 Å². The minimum atomic E-state index is -3.58. The van der Waals surface area contributed by atoms with Gasteiger partial charge in [0, 0.05) is 32.4 Å². The Balaban J connectivity index is 2.30. The maximum atomic E-state index is 12.6. The molecule has 8 heteroatoms. The van der Waals surface area contributed by atoms with Gasteiger partial charge in [0.1, 0.15) is 10.6 Å². The summed E-state index contributed by atoms with van der Waals surface area (Å²) >= 11 is 0. The van der Waals surface area contributed by atoms with E-state index >= 15 is 0 Å². The van der Waals surface area contributed by atoms with Gasteiger partial charge in [0.15, 0.2) is 0 Å². The molecule has 1 saturated heterocycles. The molecule has 0 aliphatic carbocycles. The summed E-state index contributed by atoms with van der Waals surface area (Å²) in [5.41, 5.74) is 5.40. The highest BCUT2D eigenvalue weighted by Crippen LogP contribution is 2.22. The lowest BCUT2D eigenvalue weighted by molar-refractivity contribution is 0.0992. The number of primary amides is 1. The first-order valence-corrected chi connectivity index (χ1v) is 7.94. The molecule has 2 heterocycles. The molecular formula is C12H20N4O3S. The van der Waals surface area contributed by atoms with Crippen LogP contribution in [-0.2, 0) is 17.1 Å². The number of hydrogen-bond acceptors (Lipinski definition) is 4. The second-order valence-electron chi connectivity index (χ2n) is 5.03. The number of nitrogens with two attached hydrogens (primary N) is 1. The van der Waals surface area contributed by atoms with Crippen molar-refractivity contribution in [1.29, 1.82) is 0 Å². The van der Waals surface area contributed by atoms with Crippen LogP contribution in [0.3, 0.4) is 0 Å². The van der Waals surface area contributed by atoms with Crippen LogP contribution in [0.15, 0.2) is 17.2 Å². The zero-order valence-electron chi connectivity index (χ0n) is 11.7. The predicted molar refractivity (Wildman–Crippen MR) is 74.8 cm³/mol. The van der Waals surface area contributed by atoms with Crippen LogP contribution < -0.4 is 11.1 Å². The summed E-state index contributed by atoms with van der Waals surface area (Å²) in [5, 5.41) is 3.11. The van der Waals surface area contributed by atoms with Crippen molar-refractivity contribution in [3.8, 4) is 0 Å². The van der Waals surface area contributed by atoms with Crippen molar-refractivity contribution in [1.82, 2.24) is 14.2 Å². The summed E-state index contributed by atoms with van der Waals surface area (Å²) < 4.78 is 28.0. The number of nitrogens with zero attached hydrogens (tertiary/aromatic N) is 2. The van der Waals surface area contributed by atoms with Crippen molar-refractivity contribution in [3.63, 3.8) is 0 Å². The van der Waals surface area contributed by atoms with Crippen LogP contribution in [0.2, 0.25) is 0 Å². The third-order valence-corrected chi connectivity index (χ3v) is 5.49. The average Bonchev–Trinajstić information content (AvgIpc) is 2.82. The van der Waals surface area contributed by atoms with E-state index in [-0.39, 0.29) is 16.6 Å². The fraction of sp³-hybridized carbons (Fsp3) is 0.583. The van der Waals surface area contributed by atoms with Gasteiger partial charge in [-0.15, -0.1) is 0 Å². The number of likely N-dealkylation sites (N-methyl/N-ethyl adjacent to an activating group) is 1. The number of amides is 1.